The SMILES string of the molecule is CC(C)(S[C@@H]1O[C@H](CO)[C@H](O)[C@H](O)[C@H]1O)c1cc2ccccc2[nH]1. The third-order valence-electron chi connectivity index (χ3n) is 4.44. The number of para-hydroxylation sites is 1. The molecular formula is C17H23NO5S. The van der Waals surface area contributed by atoms with E-state index in [9.17, 15) is 20.4 Å². The van der Waals surface area contributed by atoms with Crippen LogP contribution in [0.1, 0.15) is 19.5 Å². The Morgan fingerprint density at radius 1 is 1.12 bits per heavy atom. The van der Waals surface area contributed by atoms with Crippen LogP contribution in [0.3, 0.4) is 0 Å². The van der Waals surface area contributed by atoms with Crippen molar-refractivity contribution < 1.29 is 25.2 Å². The van der Waals surface area contributed by atoms with Gasteiger partial charge < -0.3 is 30.1 Å². The molecule has 5 N–H and O–H groups in total. The number of aromatic amines is 1. The fourth-order valence-electron chi connectivity index (χ4n) is 2.92. The van der Waals surface area contributed by atoms with E-state index in [1.165, 1.54) is 11.8 Å². The van der Waals surface area contributed by atoms with Gasteiger partial charge >= 0.3 is 0 Å². The van der Waals surface area contributed by atoms with Crippen molar-refractivity contribution in [3.8, 4) is 0 Å². The zero-order chi connectivity index (χ0) is 17.5. The molecule has 7 heteroatoms. The molecule has 1 aliphatic heterocycles. The van der Waals surface area contributed by atoms with E-state index >= 15 is 0 Å². The number of benzene rings is 1. The first-order valence-electron chi connectivity index (χ1n) is 7.90. The molecule has 6 nitrogen and oxygen atoms in total. The molecule has 0 radical (unpaired) electrons. The van der Waals surface area contributed by atoms with Gasteiger partial charge in [0.1, 0.15) is 29.9 Å². The van der Waals surface area contributed by atoms with Crippen LogP contribution in [-0.4, -0.2) is 61.9 Å². The molecule has 0 unspecified atom stereocenters. The van der Waals surface area contributed by atoms with Crippen molar-refractivity contribution in [2.45, 2.75) is 48.4 Å². The number of nitrogens with one attached hydrogen (secondary N) is 1. The smallest absolute Gasteiger partial charge is 0.133 e. The highest BCUT2D eigenvalue weighted by molar-refractivity contribution is 8.00. The van der Waals surface area contributed by atoms with Crippen LogP contribution in [0.5, 0.6) is 0 Å². The normalized spacial score (nSPS) is 31.5. The average molecular weight is 353 g/mol. The van der Waals surface area contributed by atoms with Crippen molar-refractivity contribution in [1.29, 1.82) is 0 Å². The maximum absolute atomic E-state index is 10.2. The van der Waals surface area contributed by atoms with E-state index in [2.05, 4.69) is 4.98 Å². The summed E-state index contributed by atoms with van der Waals surface area (Å²) >= 11 is 1.34. The van der Waals surface area contributed by atoms with Crippen molar-refractivity contribution in [2.24, 2.45) is 0 Å². The Kier molecular flexibility index (Phi) is 4.92. The molecule has 0 bridgehead atoms. The minimum atomic E-state index is -1.35. The van der Waals surface area contributed by atoms with Crippen molar-refractivity contribution in [1.82, 2.24) is 4.98 Å². The minimum absolute atomic E-state index is 0.422. The van der Waals surface area contributed by atoms with Crippen molar-refractivity contribution >= 4 is 22.7 Å². The monoisotopic (exact) mass is 353 g/mol. The molecule has 0 spiro atoms. The molecule has 1 fully saturated rings. The highest BCUT2D eigenvalue weighted by atomic mass is 32.2. The summed E-state index contributed by atoms with van der Waals surface area (Å²) < 4.78 is 5.16. The van der Waals surface area contributed by atoms with Crippen LogP contribution in [0.4, 0.5) is 0 Å². The zero-order valence-electron chi connectivity index (χ0n) is 13.6. The first-order valence-corrected chi connectivity index (χ1v) is 8.78. The average Bonchev–Trinajstić information content (AvgIpc) is 3.00. The molecule has 3 rings (SSSR count). The largest absolute Gasteiger partial charge is 0.394 e. The molecule has 132 valence electrons. The summed E-state index contributed by atoms with van der Waals surface area (Å²) in [5.41, 5.74) is 1.22. The Morgan fingerprint density at radius 2 is 1.83 bits per heavy atom. The lowest BCUT2D eigenvalue weighted by Gasteiger charge is -2.42. The third-order valence-corrected chi connectivity index (χ3v) is 5.87. The van der Waals surface area contributed by atoms with Gasteiger partial charge in [0.15, 0.2) is 0 Å². The van der Waals surface area contributed by atoms with Gasteiger partial charge in [-0.15, -0.1) is 11.8 Å². The summed E-state index contributed by atoms with van der Waals surface area (Å²) in [5.74, 6) is 0. The molecule has 5 atom stereocenters. The van der Waals surface area contributed by atoms with Crippen LogP contribution in [0.25, 0.3) is 10.9 Å². The molecule has 1 aliphatic rings. The van der Waals surface area contributed by atoms with Crippen LogP contribution in [0.2, 0.25) is 0 Å². The van der Waals surface area contributed by atoms with E-state index < -0.39 is 41.2 Å². The molecule has 0 saturated carbocycles. The number of aromatic nitrogens is 1. The second-order valence-corrected chi connectivity index (χ2v) is 8.32. The number of rotatable bonds is 4. The molecule has 1 aromatic heterocycles. The van der Waals surface area contributed by atoms with E-state index in [-0.39, 0.29) is 0 Å². The van der Waals surface area contributed by atoms with Gasteiger partial charge in [-0.1, -0.05) is 18.2 Å². The predicted octanol–water partition coefficient (Wildman–Crippen LogP) is 0.936. The summed E-state index contributed by atoms with van der Waals surface area (Å²) in [6, 6.07) is 9.99. The van der Waals surface area contributed by atoms with Gasteiger partial charge in [0.05, 0.1) is 11.4 Å². The van der Waals surface area contributed by atoms with Crippen LogP contribution < -0.4 is 0 Å². The number of aliphatic hydroxyl groups excluding tert-OH is 4. The Morgan fingerprint density at radius 3 is 2.50 bits per heavy atom. The predicted molar refractivity (Wildman–Crippen MR) is 92.7 cm³/mol. The lowest BCUT2D eigenvalue weighted by atomic mass is 10.0. The number of H-pyrrole nitrogens is 1. The summed E-state index contributed by atoms with van der Waals surface area (Å²) in [6.45, 7) is 3.56. The lowest BCUT2D eigenvalue weighted by Crippen LogP contribution is -2.58. The quantitative estimate of drug-likeness (QED) is 0.560. The molecule has 1 saturated heterocycles. The van der Waals surface area contributed by atoms with E-state index in [4.69, 9.17) is 4.74 Å². The number of thioether (sulfide) groups is 1. The molecule has 0 aliphatic carbocycles. The minimum Gasteiger partial charge on any atom is -0.394 e. The van der Waals surface area contributed by atoms with Crippen molar-refractivity contribution in [2.75, 3.05) is 6.61 Å². The van der Waals surface area contributed by atoms with Gasteiger partial charge in [-0.25, -0.2) is 0 Å². The first kappa shape index (κ1) is 17.7. The summed E-state index contributed by atoms with van der Waals surface area (Å²) in [5, 5.41) is 40.4. The first-order chi connectivity index (χ1) is 11.3. The Labute approximate surface area is 144 Å². The maximum atomic E-state index is 10.2. The number of ether oxygens (including phenoxy) is 1. The van der Waals surface area contributed by atoms with E-state index in [0.717, 1.165) is 16.6 Å². The molecule has 2 aromatic rings. The second kappa shape index (κ2) is 6.67. The molecule has 2 heterocycles. The number of hydrogen-bond acceptors (Lipinski definition) is 6. The van der Waals surface area contributed by atoms with E-state index in [1.54, 1.807) is 0 Å². The summed E-state index contributed by atoms with van der Waals surface area (Å²) in [7, 11) is 0. The third kappa shape index (κ3) is 3.20. The molecular weight excluding hydrogens is 330 g/mol. The summed E-state index contributed by atoms with van der Waals surface area (Å²) in [6.07, 6.45) is -4.82. The van der Waals surface area contributed by atoms with Gasteiger partial charge in [0.25, 0.3) is 0 Å². The highest BCUT2D eigenvalue weighted by Gasteiger charge is 2.45. The van der Waals surface area contributed by atoms with Gasteiger partial charge in [-0.2, -0.15) is 0 Å². The topological polar surface area (TPSA) is 106 Å². The van der Waals surface area contributed by atoms with Gasteiger partial charge in [0.2, 0.25) is 0 Å². The Balaban J connectivity index is 1.82. The van der Waals surface area contributed by atoms with Crippen LogP contribution >= 0.6 is 11.8 Å². The van der Waals surface area contributed by atoms with Gasteiger partial charge in [0, 0.05) is 11.2 Å². The highest BCUT2D eigenvalue weighted by Crippen LogP contribution is 2.42. The zero-order valence-corrected chi connectivity index (χ0v) is 14.4. The van der Waals surface area contributed by atoms with Crippen molar-refractivity contribution in [3.63, 3.8) is 0 Å². The molecule has 0 amide bonds. The number of hydrogen-bond donors (Lipinski definition) is 5. The molecule has 24 heavy (non-hydrogen) atoms. The number of fused-ring (bicyclic) bond motifs is 1. The van der Waals surface area contributed by atoms with Crippen LogP contribution in [0, 0.1) is 0 Å². The fraction of sp³-hybridized carbons (Fsp3) is 0.529. The fourth-order valence-corrected chi connectivity index (χ4v) is 4.23. The van der Waals surface area contributed by atoms with E-state index in [0.29, 0.717) is 0 Å². The Bertz CT molecular complexity index is 668. The Hall–Kier alpha value is -1.09. The van der Waals surface area contributed by atoms with Crippen LogP contribution in [0.15, 0.2) is 30.3 Å². The van der Waals surface area contributed by atoms with Crippen molar-refractivity contribution in [3.05, 3.63) is 36.0 Å². The van der Waals surface area contributed by atoms with Gasteiger partial charge in [-0.3, -0.25) is 0 Å². The maximum Gasteiger partial charge on any atom is 0.133 e. The molecule has 1 aromatic carbocycles. The lowest BCUT2D eigenvalue weighted by molar-refractivity contribution is -0.205. The standard InChI is InChI=1S/C17H23NO5S/c1-17(2,12-7-9-5-3-4-6-10(9)18-12)24-16-15(22)14(21)13(20)11(8-19)23-16/h3-7,11,13-16,18-22H,8H2,1-2H3/t11-,13+,14+,15-,16+/m1/s1. The summed E-state index contributed by atoms with van der Waals surface area (Å²) in [4.78, 5) is 3.37. The number of aliphatic hydroxyl groups is 4. The van der Waals surface area contributed by atoms with E-state index in [1.807, 2.05) is 44.2 Å². The second-order valence-electron chi connectivity index (χ2n) is 6.60. The van der Waals surface area contributed by atoms with Crippen LogP contribution in [-0.2, 0) is 9.48 Å². The van der Waals surface area contributed by atoms with Gasteiger partial charge in [-0.05, 0) is 31.4 Å².